The van der Waals surface area contributed by atoms with E-state index >= 15 is 0 Å². The SMILES string of the molecule is O=C(C1CCCC1)N1CCC(Nc2ncc(Br)cn2)C1. The van der Waals surface area contributed by atoms with E-state index in [-0.39, 0.29) is 12.0 Å². The molecule has 5 nitrogen and oxygen atoms in total. The number of carbonyl (C=O) groups excluding carboxylic acids is 1. The van der Waals surface area contributed by atoms with E-state index in [0.29, 0.717) is 11.9 Å². The number of nitrogens with zero attached hydrogens (tertiary/aromatic N) is 3. The van der Waals surface area contributed by atoms with Crippen molar-refractivity contribution < 1.29 is 4.79 Å². The molecule has 2 fully saturated rings. The topological polar surface area (TPSA) is 58.1 Å². The maximum atomic E-state index is 12.4. The molecule has 1 aromatic rings. The molecule has 20 heavy (non-hydrogen) atoms. The quantitative estimate of drug-likeness (QED) is 0.919. The third-order valence-corrected chi connectivity index (χ3v) is 4.57. The van der Waals surface area contributed by atoms with Crippen LogP contribution < -0.4 is 5.32 Å². The maximum absolute atomic E-state index is 12.4. The summed E-state index contributed by atoms with van der Waals surface area (Å²) in [6.45, 7) is 1.62. The molecule has 1 aromatic heterocycles. The van der Waals surface area contributed by atoms with Crippen molar-refractivity contribution in [3.05, 3.63) is 16.9 Å². The average Bonchev–Trinajstić information content (AvgIpc) is 3.12. The summed E-state index contributed by atoms with van der Waals surface area (Å²) in [6, 6.07) is 0.265. The summed E-state index contributed by atoms with van der Waals surface area (Å²) in [5.74, 6) is 1.26. The number of carbonyl (C=O) groups is 1. The predicted octanol–water partition coefficient (Wildman–Crippen LogP) is 2.44. The van der Waals surface area contributed by atoms with E-state index in [1.54, 1.807) is 12.4 Å². The van der Waals surface area contributed by atoms with Crippen molar-refractivity contribution in [2.45, 2.75) is 38.1 Å². The van der Waals surface area contributed by atoms with Gasteiger partial charge in [0.1, 0.15) is 0 Å². The van der Waals surface area contributed by atoms with E-state index in [4.69, 9.17) is 0 Å². The number of hydrogen-bond donors (Lipinski definition) is 1. The Morgan fingerprint density at radius 2 is 1.95 bits per heavy atom. The zero-order valence-electron chi connectivity index (χ0n) is 11.4. The summed E-state index contributed by atoms with van der Waals surface area (Å²) < 4.78 is 0.868. The van der Waals surface area contributed by atoms with Crippen LogP contribution in [-0.2, 0) is 4.79 Å². The summed E-state index contributed by atoms with van der Waals surface area (Å²) in [7, 11) is 0. The first-order chi connectivity index (χ1) is 9.72. The Morgan fingerprint density at radius 1 is 1.25 bits per heavy atom. The first-order valence-electron chi connectivity index (χ1n) is 7.25. The largest absolute Gasteiger partial charge is 0.350 e. The van der Waals surface area contributed by atoms with E-state index in [0.717, 1.165) is 36.8 Å². The first-order valence-corrected chi connectivity index (χ1v) is 8.04. The minimum atomic E-state index is 0.265. The van der Waals surface area contributed by atoms with Gasteiger partial charge in [0.05, 0.1) is 4.47 Å². The van der Waals surface area contributed by atoms with Crippen molar-refractivity contribution in [1.82, 2.24) is 14.9 Å². The van der Waals surface area contributed by atoms with Crippen molar-refractivity contribution in [3.63, 3.8) is 0 Å². The van der Waals surface area contributed by atoms with Crippen molar-refractivity contribution in [3.8, 4) is 0 Å². The molecule has 108 valence electrons. The average molecular weight is 339 g/mol. The Morgan fingerprint density at radius 3 is 2.65 bits per heavy atom. The number of aromatic nitrogens is 2. The van der Waals surface area contributed by atoms with E-state index in [1.165, 1.54) is 12.8 Å². The van der Waals surface area contributed by atoms with Gasteiger partial charge >= 0.3 is 0 Å². The van der Waals surface area contributed by atoms with Gasteiger partial charge in [0.25, 0.3) is 0 Å². The molecule has 1 aliphatic heterocycles. The zero-order chi connectivity index (χ0) is 13.9. The fourth-order valence-electron chi connectivity index (χ4n) is 3.08. The van der Waals surface area contributed by atoms with Gasteiger partial charge in [0.2, 0.25) is 11.9 Å². The van der Waals surface area contributed by atoms with Gasteiger partial charge in [-0.3, -0.25) is 4.79 Å². The number of rotatable bonds is 3. The minimum absolute atomic E-state index is 0.265. The van der Waals surface area contributed by atoms with Crippen LogP contribution in [0.15, 0.2) is 16.9 Å². The molecule has 1 amide bonds. The van der Waals surface area contributed by atoms with Crippen LogP contribution in [0.4, 0.5) is 5.95 Å². The lowest BCUT2D eigenvalue weighted by atomic mass is 10.1. The van der Waals surface area contributed by atoms with Gasteiger partial charge in [0.15, 0.2) is 0 Å². The third-order valence-electron chi connectivity index (χ3n) is 4.16. The monoisotopic (exact) mass is 338 g/mol. The summed E-state index contributed by atoms with van der Waals surface area (Å²) in [5.41, 5.74) is 0. The normalized spacial score (nSPS) is 23.2. The molecule has 2 heterocycles. The number of amides is 1. The molecule has 1 saturated carbocycles. The Balaban J connectivity index is 1.54. The Labute approximate surface area is 127 Å². The highest BCUT2D eigenvalue weighted by Crippen LogP contribution is 2.28. The van der Waals surface area contributed by atoms with Gasteiger partial charge in [-0.25, -0.2) is 9.97 Å². The first kappa shape index (κ1) is 13.8. The summed E-state index contributed by atoms with van der Waals surface area (Å²) in [4.78, 5) is 22.8. The highest BCUT2D eigenvalue weighted by atomic mass is 79.9. The van der Waals surface area contributed by atoms with Gasteiger partial charge in [-0.05, 0) is 35.2 Å². The van der Waals surface area contributed by atoms with E-state index in [2.05, 4.69) is 31.2 Å². The van der Waals surface area contributed by atoms with Crippen LogP contribution in [0.3, 0.4) is 0 Å². The van der Waals surface area contributed by atoms with Crippen LogP contribution in [0.5, 0.6) is 0 Å². The van der Waals surface area contributed by atoms with Gasteiger partial charge in [-0.15, -0.1) is 0 Å². The van der Waals surface area contributed by atoms with Gasteiger partial charge < -0.3 is 10.2 Å². The number of nitrogens with one attached hydrogen (secondary N) is 1. The number of anilines is 1. The molecule has 1 aliphatic carbocycles. The van der Waals surface area contributed by atoms with Gasteiger partial charge in [-0.1, -0.05) is 12.8 Å². The number of halogens is 1. The molecule has 6 heteroatoms. The van der Waals surface area contributed by atoms with Crippen molar-refractivity contribution in [2.75, 3.05) is 18.4 Å². The zero-order valence-corrected chi connectivity index (χ0v) is 13.0. The van der Waals surface area contributed by atoms with Gasteiger partial charge in [0, 0.05) is 37.4 Å². The second-order valence-corrected chi connectivity index (χ2v) is 6.54. The second kappa shape index (κ2) is 6.08. The molecular weight excluding hydrogens is 320 g/mol. The van der Waals surface area contributed by atoms with Crippen LogP contribution >= 0.6 is 15.9 Å². The third kappa shape index (κ3) is 3.11. The van der Waals surface area contributed by atoms with Crippen LogP contribution in [0, 0.1) is 5.92 Å². The van der Waals surface area contributed by atoms with Crippen LogP contribution in [-0.4, -0.2) is 39.9 Å². The van der Waals surface area contributed by atoms with Crippen molar-refractivity contribution in [1.29, 1.82) is 0 Å². The molecule has 0 radical (unpaired) electrons. The van der Waals surface area contributed by atoms with E-state index < -0.39 is 0 Å². The highest BCUT2D eigenvalue weighted by Gasteiger charge is 2.32. The van der Waals surface area contributed by atoms with Gasteiger partial charge in [-0.2, -0.15) is 0 Å². The minimum Gasteiger partial charge on any atom is -0.350 e. The molecule has 1 N–H and O–H groups in total. The molecule has 3 rings (SSSR count). The summed E-state index contributed by atoms with van der Waals surface area (Å²) in [6.07, 6.45) is 8.99. The highest BCUT2D eigenvalue weighted by molar-refractivity contribution is 9.10. The summed E-state index contributed by atoms with van der Waals surface area (Å²) >= 11 is 3.32. The lowest BCUT2D eigenvalue weighted by molar-refractivity contribution is -0.134. The molecule has 0 aromatic carbocycles. The smallest absolute Gasteiger partial charge is 0.225 e. The molecule has 0 bridgehead atoms. The Kier molecular flexibility index (Phi) is 4.19. The summed E-state index contributed by atoms with van der Waals surface area (Å²) in [5, 5.41) is 3.31. The fraction of sp³-hybridized carbons (Fsp3) is 0.643. The number of hydrogen-bond acceptors (Lipinski definition) is 4. The standard InChI is InChI=1S/C14H19BrN4O/c15-11-7-16-14(17-8-11)18-12-5-6-19(9-12)13(20)10-3-1-2-4-10/h7-8,10,12H,1-6,9H2,(H,16,17,18). The molecule has 1 atom stereocenters. The predicted molar refractivity (Wildman–Crippen MR) is 80.3 cm³/mol. The maximum Gasteiger partial charge on any atom is 0.225 e. The van der Waals surface area contributed by atoms with Crippen LogP contribution in [0.25, 0.3) is 0 Å². The molecule has 0 spiro atoms. The van der Waals surface area contributed by atoms with E-state index in [1.807, 2.05) is 4.90 Å². The second-order valence-electron chi connectivity index (χ2n) is 5.62. The Hall–Kier alpha value is -1.17. The Bertz CT molecular complexity index is 473. The van der Waals surface area contributed by atoms with Crippen LogP contribution in [0.2, 0.25) is 0 Å². The molecule has 1 unspecified atom stereocenters. The van der Waals surface area contributed by atoms with Crippen molar-refractivity contribution in [2.24, 2.45) is 5.92 Å². The molecule has 2 aliphatic rings. The fourth-order valence-corrected chi connectivity index (χ4v) is 3.28. The lowest BCUT2D eigenvalue weighted by Crippen LogP contribution is -2.35. The van der Waals surface area contributed by atoms with E-state index in [9.17, 15) is 4.79 Å². The van der Waals surface area contributed by atoms with Crippen LogP contribution in [0.1, 0.15) is 32.1 Å². The number of likely N-dealkylation sites (tertiary alicyclic amines) is 1. The molecule has 1 saturated heterocycles. The molecular formula is C14H19BrN4O. The lowest BCUT2D eigenvalue weighted by Gasteiger charge is -2.20. The van der Waals surface area contributed by atoms with Crippen molar-refractivity contribution >= 4 is 27.8 Å².